The molecule has 4 heterocycles. The molecule has 2 aromatic rings. The Morgan fingerprint density at radius 3 is 2.94 bits per heavy atom. The Balaban J connectivity index is 1.43. The van der Waals surface area contributed by atoms with Crippen LogP contribution in [0, 0.1) is 0 Å². The first-order valence-corrected chi connectivity index (χ1v) is 11.2. The molecule has 15 heteroatoms. The van der Waals surface area contributed by atoms with Crippen molar-refractivity contribution in [2.45, 2.75) is 43.4 Å². The SMILES string of the molecule is COP(=O)(NC(=O)[C@@H]1CCCN1)OC[C@H]1O[C@@H](n2cnc3c(N)ncnc32)[C@H](O)[C@@H]1O. The van der Waals surface area contributed by atoms with Gasteiger partial charge in [-0.05, 0) is 19.4 Å². The van der Waals surface area contributed by atoms with Crippen molar-refractivity contribution >= 4 is 30.6 Å². The average Bonchev–Trinajstić information content (AvgIpc) is 3.48. The number of fused-ring (bicyclic) bond motifs is 1. The van der Waals surface area contributed by atoms with Gasteiger partial charge < -0.3 is 26.0 Å². The summed E-state index contributed by atoms with van der Waals surface area (Å²) in [7, 11) is -2.87. The minimum Gasteiger partial charge on any atom is -0.387 e. The number of hydrogen-bond acceptors (Lipinski definition) is 12. The maximum atomic E-state index is 12.8. The van der Waals surface area contributed by atoms with E-state index in [1.807, 2.05) is 0 Å². The second-order valence-electron chi connectivity index (χ2n) is 7.23. The molecule has 2 aliphatic heterocycles. The number of aliphatic hydroxyl groups excluding tert-OH is 2. The van der Waals surface area contributed by atoms with Gasteiger partial charge in [-0.15, -0.1) is 0 Å². The fourth-order valence-electron chi connectivity index (χ4n) is 3.58. The zero-order valence-corrected chi connectivity index (χ0v) is 17.5. The summed E-state index contributed by atoms with van der Waals surface area (Å²) < 4.78 is 30.1. The highest BCUT2D eigenvalue weighted by atomic mass is 31.2. The third kappa shape index (κ3) is 4.28. The van der Waals surface area contributed by atoms with Crippen LogP contribution in [-0.2, 0) is 23.1 Å². The first kappa shape index (κ1) is 22.0. The number of imidazole rings is 1. The van der Waals surface area contributed by atoms with Crippen molar-refractivity contribution in [2.24, 2.45) is 0 Å². The monoisotopic (exact) mass is 457 g/mol. The Morgan fingerprint density at radius 1 is 1.42 bits per heavy atom. The summed E-state index contributed by atoms with van der Waals surface area (Å²) >= 11 is 0. The van der Waals surface area contributed by atoms with Crippen LogP contribution in [0.5, 0.6) is 0 Å². The summed E-state index contributed by atoms with van der Waals surface area (Å²) in [5.41, 5.74) is 6.40. The molecule has 6 N–H and O–H groups in total. The lowest BCUT2D eigenvalue weighted by Crippen LogP contribution is -2.40. The lowest BCUT2D eigenvalue weighted by atomic mass is 10.1. The van der Waals surface area contributed by atoms with Gasteiger partial charge in [0.15, 0.2) is 17.7 Å². The summed E-state index contributed by atoms with van der Waals surface area (Å²) in [6.45, 7) is 0.277. The molecule has 0 bridgehead atoms. The third-order valence-corrected chi connectivity index (χ3v) is 6.74. The molecule has 31 heavy (non-hydrogen) atoms. The van der Waals surface area contributed by atoms with E-state index in [0.717, 1.165) is 13.5 Å². The first-order chi connectivity index (χ1) is 14.8. The summed E-state index contributed by atoms with van der Waals surface area (Å²) in [4.78, 5) is 24.3. The topological polar surface area (TPSA) is 196 Å². The van der Waals surface area contributed by atoms with E-state index in [-0.39, 0.29) is 5.82 Å². The van der Waals surface area contributed by atoms with Crippen LogP contribution in [0.1, 0.15) is 19.1 Å². The van der Waals surface area contributed by atoms with E-state index in [0.29, 0.717) is 24.1 Å². The largest absolute Gasteiger partial charge is 0.434 e. The molecule has 0 radical (unpaired) electrons. The number of nitrogens with one attached hydrogen (secondary N) is 2. The minimum atomic E-state index is -4.00. The number of aromatic nitrogens is 4. The van der Waals surface area contributed by atoms with Gasteiger partial charge in [-0.3, -0.25) is 23.5 Å². The number of nitrogens with zero attached hydrogens (tertiary/aromatic N) is 4. The number of ether oxygens (including phenoxy) is 1. The van der Waals surface area contributed by atoms with Gasteiger partial charge in [0.2, 0.25) is 5.91 Å². The number of carbonyl (C=O) groups excluding carboxylic acids is 1. The minimum absolute atomic E-state index is 0.158. The number of nitrogens with two attached hydrogens (primary N) is 1. The normalized spacial score (nSPS) is 30.5. The molecule has 0 spiro atoms. The molecule has 1 amide bonds. The number of amides is 1. The maximum absolute atomic E-state index is 12.8. The van der Waals surface area contributed by atoms with E-state index in [1.165, 1.54) is 17.2 Å². The molecule has 0 aliphatic carbocycles. The van der Waals surface area contributed by atoms with Gasteiger partial charge >= 0.3 is 7.75 Å². The molecule has 0 saturated carbocycles. The number of hydrogen-bond donors (Lipinski definition) is 5. The molecular formula is C16H24N7O7P. The quantitative estimate of drug-likeness (QED) is 0.308. The molecule has 2 saturated heterocycles. The standard InChI is InChI=1S/C16H24N7O7P/c1-28-31(27,22-15(26)8-3-2-4-18-8)29-5-9-11(24)12(25)16(30-9)23-7-21-10-13(17)19-6-20-14(10)23/h6-9,11-12,16,18,24-25H,2-5H2,1H3,(H2,17,19,20)(H,22,26,27)/t8-,9+,11+,12+,16+,31?/m0/s1. The molecule has 1 unspecified atom stereocenters. The average molecular weight is 457 g/mol. The molecule has 14 nitrogen and oxygen atoms in total. The molecule has 2 aliphatic rings. The Labute approximate surface area is 176 Å². The number of nitrogen functional groups attached to an aromatic ring is 1. The van der Waals surface area contributed by atoms with Gasteiger partial charge in [0, 0.05) is 7.11 Å². The predicted octanol–water partition coefficient (Wildman–Crippen LogP) is -1.33. The predicted molar refractivity (Wildman–Crippen MR) is 105 cm³/mol. The van der Waals surface area contributed by atoms with Crippen molar-refractivity contribution in [1.29, 1.82) is 0 Å². The van der Waals surface area contributed by atoms with Crippen LogP contribution in [0.4, 0.5) is 5.82 Å². The molecule has 0 aromatic carbocycles. The fraction of sp³-hybridized carbons (Fsp3) is 0.625. The Kier molecular flexibility index (Phi) is 6.21. The van der Waals surface area contributed by atoms with E-state index < -0.39 is 50.8 Å². The summed E-state index contributed by atoms with van der Waals surface area (Å²) in [5.74, 6) is -0.346. The Morgan fingerprint density at radius 2 is 2.23 bits per heavy atom. The van der Waals surface area contributed by atoms with Crippen LogP contribution in [0.3, 0.4) is 0 Å². The van der Waals surface area contributed by atoms with Crippen molar-refractivity contribution in [3.05, 3.63) is 12.7 Å². The lowest BCUT2D eigenvalue weighted by Gasteiger charge is -2.21. The summed E-state index contributed by atoms with van der Waals surface area (Å²) in [5, 5.41) is 26.1. The van der Waals surface area contributed by atoms with Gasteiger partial charge in [-0.25, -0.2) is 19.5 Å². The summed E-state index contributed by atoms with van der Waals surface area (Å²) in [6, 6.07) is -0.476. The van der Waals surface area contributed by atoms with Crippen molar-refractivity contribution in [2.75, 3.05) is 26.0 Å². The number of anilines is 1. The smallest absolute Gasteiger partial charge is 0.387 e. The van der Waals surface area contributed by atoms with Crippen LogP contribution in [0.15, 0.2) is 12.7 Å². The molecular weight excluding hydrogens is 433 g/mol. The van der Waals surface area contributed by atoms with E-state index >= 15 is 0 Å². The first-order valence-electron chi connectivity index (χ1n) is 9.63. The van der Waals surface area contributed by atoms with Crippen molar-refractivity contribution in [3.8, 4) is 0 Å². The number of rotatable bonds is 7. The van der Waals surface area contributed by atoms with Gasteiger partial charge in [-0.1, -0.05) is 0 Å². The van der Waals surface area contributed by atoms with Gasteiger partial charge in [0.05, 0.1) is 19.0 Å². The van der Waals surface area contributed by atoms with E-state index in [9.17, 15) is 19.6 Å². The van der Waals surface area contributed by atoms with Crippen molar-refractivity contribution in [1.82, 2.24) is 29.9 Å². The molecule has 2 aromatic heterocycles. The zero-order chi connectivity index (χ0) is 22.2. The lowest BCUT2D eigenvalue weighted by molar-refractivity contribution is -0.121. The number of carbonyl (C=O) groups is 1. The maximum Gasteiger partial charge on any atom is 0.434 e. The van der Waals surface area contributed by atoms with Gasteiger partial charge in [-0.2, -0.15) is 0 Å². The fourth-order valence-corrected chi connectivity index (χ4v) is 4.61. The highest BCUT2D eigenvalue weighted by Gasteiger charge is 2.45. The van der Waals surface area contributed by atoms with E-state index in [1.54, 1.807) is 0 Å². The number of aliphatic hydroxyl groups is 2. The molecule has 2 fully saturated rings. The highest BCUT2D eigenvalue weighted by molar-refractivity contribution is 7.52. The highest BCUT2D eigenvalue weighted by Crippen LogP contribution is 2.44. The molecule has 4 rings (SSSR count). The third-order valence-electron chi connectivity index (χ3n) is 5.27. The Bertz CT molecular complexity index is 998. The van der Waals surface area contributed by atoms with Crippen molar-refractivity contribution in [3.63, 3.8) is 0 Å². The molecule has 6 atom stereocenters. The second kappa shape index (κ2) is 8.74. The second-order valence-corrected chi connectivity index (χ2v) is 9.07. The molecule has 170 valence electrons. The van der Waals surface area contributed by atoms with E-state index in [2.05, 4.69) is 25.4 Å². The Hall–Kier alpha value is -2.19. The van der Waals surface area contributed by atoms with Crippen LogP contribution < -0.4 is 16.1 Å². The van der Waals surface area contributed by atoms with Crippen LogP contribution >= 0.6 is 7.75 Å². The zero-order valence-electron chi connectivity index (χ0n) is 16.6. The van der Waals surface area contributed by atoms with Gasteiger partial charge in [0.25, 0.3) is 0 Å². The van der Waals surface area contributed by atoms with Crippen LogP contribution in [-0.4, -0.2) is 80.3 Å². The van der Waals surface area contributed by atoms with Crippen LogP contribution in [0.25, 0.3) is 11.2 Å². The van der Waals surface area contributed by atoms with E-state index in [4.69, 9.17) is 19.5 Å². The van der Waals surface area contributed by atoms with Crippen LogP contribution in [0.2, 0.25) is 0 Å². The van der Waals surface area contributed by atoms with Gasteiger partial charge in [0.1, 0.15) is 30.2 Å². The summed E-state index contributed by atoms with van der Waals surface area (Å²) in [6.07, 6.45) is -0.818. The van der Waals surface area contributed by atoms with Crippen molar-refractivity contribution < 1.29 is 33.4 Å².